The Kier molecular flexibility index (Phi) is 4.69. The molecular weight excluding hydrogens is 266 g/mol. The van der Waals surface area contributed by atoms with Gasteiger partial charge >= 0.3 is 0 Å². The number of rotatable bonds is 5. The molecule has 1 aromatic carbocycles. The number of ether oxygens (including phenoxy) is 1. The Morgan fingerprint density at radius 3 is 2.85 bits per heavy atom. The predicted octanol–water partition coefficient (Wildman–Crippen LogP) is 3.50. The molecule has 1 unspecified atom stereocenters. The SMILES string of the molecule is CCNCC1(CC2Cc3ccccc3S2)CCOCC1. The number of benzene rings is 1. The van der Waals surface area contributed by atoms with E-state index in [2.05, 4.69) is 48.3 Å². The minimum absolute atomic E-state index is 0.452. The van der Waals surface area contributed by atoms with Crippen molar-refractivity contribution in [3.63, 3.8) is 0 Å². The largest absolute Gasteiger partial charge is 0.381 e. The Hall–Kier alpha value is -0.510. The quantitative estimate of drug-likeness (QED) is 0.897. The van der Waals surface area contributed by atoms with Crippen molar-refractivity contribution in [2.24, 2.45) is 5.41 Å². The maximum atomic E-state index is 5.60. The lowest BCUT2D eigenvalue weighted by atomic mass is 9.75. The fraction of sp³-hybridized carbons (Fsp3) is 0.647. The maximum Gasteiger partial charge on any atom is 0.0471 e. The molecule has 0 saturated carbocycles. The Morgan fingerprint density at radius 2 is 2.10 bits per heavy atom. The van der Waals surface area contributed by atoms with Crippen molar-refractivity contribution in [2.75, 3.05) is 26.3 Å². The summed E-state index contributed by atoms with van der Waals surface area (Å²) >= 11 is 2.09. The summed E-state index contributed by atoms with van der Waals surface area (Å²) < 4.78 is 5.60. The topological polar surface area (TPSA) is 21.3 Å². The van der Waals surface area contributed by atoms with Gasteiger partial charge in [0.1, 0.15) is 0 Å². The second-order valence-corrected chi connectivity index (χ2v) is 7.49. The molecule has 2 heterocycles. The van der Waals surface area contributed by atoms with Crippen molar-refractivity contribution in [3.05, 3.63) is 29.8 Å². The summed E-state index contributed by atoms with van der Waals surface area (Å²) in [6.07, 6.45) is 5.00. The van der Waals surface area contributed by atoms with Gasteiger partial charge in [-0.25, -0.2) is 0 Å². The number of hydrogen-bond donors (Lipinski definition) is 1. The van der Waals surface area contributed by atoms with E-state index in [4.69, 9.17) is 4.74 Å². The smallest absolute Gasteiger partial charge is 0.0471 e. The van der Waals surface area contributed by atoms with Gasteiger partial charge in [-0.3, -0.25) is 0 Å². The summed E-state index contributed by atoms with van der Waals surface area (Å²) in [6, 6.07) is 8.91. The van der Waals surface area contributed by atoms with Crippen LogP contribution in [0.2, 0.25) is 0 Å². The molecule has 2 aliphatic heterocycles. The average molecular weight is 291 g/mol. The summed E-state index contributed by atoms with van der Waals surface area (Å²) in [4.78, 5) is 1.50. The summed E-state index contributed by atoms with van der Waals surface area (Å²) in [5, 5.41) is 4.34. The lowest BCUT2D eigenvalue weighted by molar-refractivity contribution is 0.0106. The Morgan fingerprint density at radius 1 is 1.30 bits per heavy atom. The highest BCUT2D eigenvalue weighted by Crippen LogP contribution is 2.45. The maximum absolute atomic E-state index is 5.60. The zero-order chi connectivity index (χ0) is 13.8. The van der Waals surface area contributed by atoms with Gasteiger partial charge in [0.2, 0.25) is 0 Å². The summed E-state index contributed by atoms with van der Waals surface area (Å²) in [5.41, 5.74) is 2.00. The van der Waals surface area contributed by atoms with Crippen LogP contribution in [0.25, 0.3) is 0 Å². The van der Waals surface area contributed by atoms with E-state index in [0.717, 1.165) is 31.6 Å². The number of fused-ring (bicyclic) bond motifs is 1. The number of nitrogens with one attached hydrogen (secondary N) is 1. The highest BCUT2D eigenvalue weighted by molar-refractivity contribution is 8.00. The van der Waals surface area contributed by atoms with Gasteiger partial charge in [-0.05, 0) is 49.3 Å². The van der Waals surface area contributed by atoms with Gasteiger partial charge in [-0.1, -0.05) is 25.1 Å². The van der Waals surface area contributed by atoms with Crippen molar-refractivity contribution < 1.29 is 4.74 Å². The van der Waals surface area contributed by atoms with Crippen LogP contribution in [0, 0.1) is 5.41 Å². The molecule has 0 spiro atoms. The van der Waals surface area contributed by atoms with Crippen LogP contribution in [0.3, 0.4) is 0 Å². The predicted molar refractivity (Wildman–Crippen MR) is 85.4 cm³/mol. The molecule has 0 aromatic heterocycles. The van der Waals surface area contributed by atoms with Crippen LogP contribution in [0.1, 0.15) is 31.7 Å². The highest BCUT2D eigenvalue weighted by Gasteiger charge is 2.36. The first-order valence-electron chi connectivity index (χ1n) is 7.84. The van der Waals surface area contributed by atoms with E-state index >= 15 is 0 Å². The molecule has 0 aliphatic carbocycles. The van der Waals surface area contributed by atoms with Gasteiger partial charge in [0.25, 0.3) is 0 Å². The zero-order valence-corrected chi connectivity index (χ0v) is 13.2. The van der Waals surface area contributed by atoms with E-state index in [0.29, 0.717) is 5.41 Å². The third-order valence-corrected chi connectivity index (χ3v) is 6.00. The van der Waals surface area contributed by atoms with Crippen molar-refractivity contribution in [2.45, 2.75) is 42.8 Å². The monoisotopic (exact) mass is 291 g/mol. The molecule has 3 heteroatoms. The van der Waals surface area contributed by atoms with E-state index in [9.17, 15) is 0 Å². The second kappa shape index (κ2) is 6.50. The van der Waals surface area contributed by atoms with Gasteiger partial charge in [-0.15, -0.1) is 11.8 Å². The lowest BCUT2D eigenvalue weighted by Crippen LogP contribution is -2.41. The van der Waals surface area contributed by atoms with Crippen LogP contribution in [-0.2, 0) is 11.2 Å². The van der Waals surface area contributed by atoms with E-state index < -0.39 is 0 Å². The van der Waals surface area contributed by atoms with Crippen LogP contribution in [-0.4, -0.2) is 31.6 Å². The van der Waals surface area contributed by atoms with Crippen LogP contribution < -0.4 is 5.32 Å². The fourth-order valence-corrected chi connectivity index (χ4v) is 5.02. The molecular formula is C17H25NOS. The molecule has 1 atom stereocenters. The van der Waals surface area contributed by atoms with Crippen molar-refractivity contribution >= 4 is 11.8 Å². The highest BCUT2D eigenvalue weighted by atomic mass is 32.2. The molecule has 0 amide bonds. The molecule has 20 heavy (non-hydrogen) atoms. The van der Waals surface area contributed by atoms with Gasteiger partial charge < -0.3 is 10.1 Å². The van der Waals surface area contributed by atoms with Crippen LogP contribution in [0.4, 0.5) is 0 Å². The molecule has 1 aromatic rings. The van der Waals surface area contributed by atoms with Gasteiger partial charge in [0.15, 0.2) is 0 Å². The zero-order valence-electron chi connectivity index (χ0n) is 12.4. The minimum atomic E-state index is 0.452. The first kappa shape index (κ1) is 14.4. The average Bonchev–Trinajstić information content (AvgIpc) is 2.88. The summed E-state index contributed by atoms with van der Waals surface area (Å²) in [5.74, 6) is 0. The van der Waals surface area contributed by atoms with E-state index in [1.807, 2.05) is 0 Å². The van der Waals surface area contributed by atoms with Crippen LogP contribution in [0.15, 0.2) is 29.2 Å². The van der Waals surface area contributed by atoms with E-state index in [1.165, 1.54) is 30.6 Å². The fourth-order valence-electron chi connectivity index (χ4n) is 3.50. The van der Waals surface area contributed by atoms with Gasteiger partial charge in [0.05, 0.1) is 0 Å². The number of hydrogen-bond acceptors (Lipinski definition) is 3. The van der Waals surface area contributed by atoms with Crippen LogP contribution in [0.5, 0.6) is 0 Å². The van der Waals surface area contributed by atoms with E-state index in [-0.39, 0.29) is 0 Å². The van der Waals surface area contributed by atoms with Gasteiger partial charge in [-0.2, -0.15) is 0 Å². The molecule has 0 bridgehead atoms. The third kappa shape index (κ3) is 3.21. The summed E-state index contributed by atoms with van der Waals surface area (Å²) in [6.45, 7) is 6.31. The summed E-state index contributed by atoms with van der Waals surface area (Å²) in [7, 11) is 0. The third-order valence-electron chi connectivity index (χ3n) is 4.68. The molecule has 1 saturated heterocycles. The van der Waals surface area contributed by atoms with Crippen molar-refractivity contribution in [1.82, 2.24) is 5.32 Å². The molecule has 1 N–H and O–H groups in total. The Bertz CT molecular complexity index is 417. The van der Waals surface area contributed by atoms with Gasteiger partial charge in [0, 0.05) is 29.9 Å². The van der Waals surface area contributed by atoms with Crippen molar-refractivity contribution in [1.29, 1.82) is 0 Å². The molecule has 0 radical (unpaired) electrons. The first-order valence-corrected chi connectivity index (χ1v) is 8.72. The molecule has 3 rings (SSSR count). The lowest BCUT2D eigenvalue weighted by Gasteiger charge is -2.39. The van der Waals surface area contributed by atoms with Crippen molar-refractivity contribution in [3.8, 4) is 0 Å². The minimum Gasteiger partial charge on any atom is -0.381 e. The Balaban J connectivity index is 1.65. The van der Waals surface area contributed by atoms with Crippen LogP contribution >= 0.6 is 11.8 Å². The molecule has 110 valence electrons. The standard InChI is InChI=1S/C17H25NOS/c1-2-18-13-17(7-9-19-10-8-17)12-15-11-14-5-3-4-6-16(14)20-15/h3-6,15,18H,2,7-13H2,1H3. The molecule has 2 nitrogen and oxygen atoms in total. The second-order valence-electron chi connectivity index (χ2n) is 6.15. The number of thioether (sulfide) groups is 1. The van der Waals surface area contributed by atoms with E-state index in [1.54, 1.807) is 5.56 Å². The normalized spacial score (nSPS) is 24.6. The first-order chi connectivity index (χ1) is 9.81. The molecule has 1 fully saturated rings. The Labute approximate surface area is 126 Å². The molecule has 2 aliphatic rings.